The number of ether oxygens (including phenoxy) is 2. The second-order valence-corrected chi connectivity index (χ2v) is 10.6. The van der Waals surface area contributed by atoms with Gasteiger partial charge in [0.05, 0.1) is 17.8 Å². The molecular weight excluding hydrogens is 482 g/mol. The highest BCUT2D eigenvalue weighted by Gasteiger charge is 2.34. The third-order valence-electron chi connectivity index (χ3n) is 5.68. The van der Waals surface area contributed by atoms with Crippen LogP contribution in [0.25, 0.3) is 11.3 Å². The van der Waals surface area contributed by atoms with Crippen LogP contribution < -0.4 is 16.5 Å². The van der Waals surface area contributed by atoms with Gasteiger partial charge in [-0.05, 0) is 57.7 Å². The number of thiazole rings is 1. The monoisotopic (exact) mass is 517 g/mol. The summed E-state index contributed by atoms with van der Waals surface area (Å²) in [6, 6.07) is 4.23. The SMILES string of the molecule is CCc1cc(-c2csc(C[C@H](NC(=O)OC(C)(C)C)C(=O)N3CCC[C@@H](C(=O)OC)N3)n2)ccc1N. The van der Waals surface area contributed by atoms with Crippen molar-refractivity contribution >= 4 is 35.0 Å². The highest BCUT2D eigenvalue weighted by molar-refractivity contribution is 7.10. The molecule has 196 valence electrons. The number of amides is 2. The number of carbonyl (C=O) groups is 3. The van der Waals surface area contributed by atoms with Crippen molar-refractivity contribution in [1.29, 1.82) is 0 Å². The molecule has 1 saturated heterocycles. The minimum Gasteiger partial charge on any atom is -0.468 e. The second-order valence-electron chi connectivity index (χ2n) is 9.63. The Morgan fingerprint density at radius 2 is 2.08 bits per heavy atom. The van der Waals surface area contributed by atoms with Gasteiger partial charge in [-0.2, -0.15) is 0 Å². The van der Waals surface area contributed by atoms with E-state index in [0.29, 0.717) is 24.4 Å². The lowest BCUT2D eigenvalue weighted by Gasteiger charge is -2.34. The summed E-state index contributed by atoms with van der Waals surface area (Å²) in [6.45, 7) is 7.69. The number of hydrazine groups is 1. The standard InChI is InChI=1S/C25H35N5O5S/c1-6-15-12-16(9-10-17(15)26)20-14-36-21(27-20)13-19(28-24(33)35-25(2,3)4)22(31)30-11-7-8-18(29-30)23(32)34-5/h9-10,12,14,18-19,29H,6-8,11,13,26H2,1-5H3,(H,28,33)/t18-,19-/m0/s1. The van der Waals surface area contributed by atoms with Crippen LogP contribution in [0.3, 0.4) is 0 Å². The number of rotatable bonds is 7. The quantitative estimate of drug-likeness (QED) is 0.377. The Morgan fingerprint density at radius 3 is 2.75 bits per heavy atom. The van der Waals surface area contributed by atoms with E-state index in [-0.39, 0.29) is 12.3 Å². The number of nitrogens with one attached hydrogen (secondary N) is 2. The van der Waals surface area contributed by atoms with Gasteiger partial charge >= 0.3 is 12.1 Å². The Morgan fingerprint density at radius 1 is 1.33 bits per heavy atom. The molecule has 2 atom stereocenters. The predicted molar refractivity (Wildman–Crippen MR) is 138 cm³/mol. The van der Waals surface area contributed by atoms with Crippen LogP contribution in [-0.2, 0) is 31.9 Å². The first kappa shape index (κ1) is 27.4. The highest BCUT2D eigenvalue weighted by atomic mass is 32.1. The Hall–Kier alpha value is -3.18. The second kappa shape index (κ2) is 11.7. The van der Waals surface area contributed by atoms with E-state index in [9.17, 15) is 14.4 Å². The lowest BCUT2D eigenvalue weighted by molar-refractivity contribution is -0.150. The van der Waals surface area contributed by atoms with Gasteiger partial charge in [-0.25, -0.2) is 15.2 Å². The number of aryl methyl sites for hydroxylation is 1. The Kier molecular flexibility index (Phi) is 8.91. The summed E-state index contributed by atoms with van der Waals surface area (Å²) < 4.78 is 10.2. The maximum absolute atomic E-state index is 13.5. The molecule has 0 bridgehead atoms. The molecule has 2 aromatic rings. The van der Waals surface area contributed by atoms with E-state index in [0.717, 1.165) is 28.9 Å². The van der Waals surface area contributed by atoms with Gasteiger partial charge in [0.15, 0.2) is 0 Å². The topological polar surface area (TPSA) is 136 Å². The zero-order chi connectivity index (χ0) is 26.5. The molecule has 3 rings (SSSR count). The third-order valence-corrected chi connectivity index (χ3v) is 6.55. The van der Waals surface area contributed by atoms with Crippen LogP contribution in [0.15, 0.2) is 23.6 Å². The summed E-state index contributed by atoms with van der Waals surface area (Å²) in [5, 5.41) is 6.66. The van der Waals surface area contributed by atoms with Gasteiger partial charge in [-0.3, -0.25) is 14.6 Å². The Labute approximate surface area is 215 Å². The number of carbonyl (C=O) groups excluding carboxylic acids is 3. The number of methoxy groups -OCH3 is 1. The Bertz CT molecular complexity index is 1100. The van der Waals surface area contributed by atoms with E-state index >= 15 is 0 Å². The fraction of sp³-hybridized carbons (Fsp3) is 0.520. The van der Waals surface area contributed by atoms with Gasteiger partial charge in [0.2, 0.25) is 0 Å². The summed E-state index contributed by atoms with van der Waals surface area (Å²) in [5.74, 6) is -0.823. The number of nitrogens with two attached hydrogens (primary N) is 1. The molecule has 0 aliphatic carbocycles. The van der Waals surface area contributed by atoms with Gasteiger partial charge in [-0.15, -0.1) is 11.3 Å². The van der Waals surface area contributed by atoms with Gasteiger partial charge in [0.25, 0.3) is 5.91 Å². The summed E-state index contributed by atoms with van der Waals surface area (Å²) >= 11 is 1.40. The van der Waals surface area contributed by atoms with Crippen LogP contribution in [0.1, 0.15) is 51.1 Å². The minimum atomic E-state index is -0.944. The number of nitrogen functional groups attached to an aromatic ring is 1. The molecule has 1 aromatic heterocycles. The van der Waals surface area contributed by atoms with Gasteiger partial charge in [-0.1, -0.05) is 13.0 Å². The maximum Gasteiger partial charge on any atom is 0.408 e. The molecule has 1 aliphatic rings. The van der Waals surface area contributed by atoms with Gasteiger partial charge < -0.3 is 20.5 Å². The van der Waals surface area contributed by atoms with Crippen LogP contribution in [0.5, 0.6) is 0 Å². The predicted octanol–water partition coefficient (Wildman–Crippen LogP) is 3.06. The molecule has 2 heterocycles. The van der Waals surface area contributed by atoms with E-state index in [4.69, 9.17) is 20.2 Å². The number of hydrogen-bond donors (Lipinski definition) is 3. The lowest BCUT2D eigenvalue weighted by Crippen LogP contribution is -2.60. The van der Waals surface area contributed by atoms with Gasteiger partial charge in [0, 0.05) is 29.6 Å². The number of anilines is 1. The van der Waals surface area contributed by atoms with Crippen LogP contribution >= 0.6 is 11.3 Å². The first-order valence-electron chi connectivity index (χ1n) is 12.0. The highest BCUT2D eigenvalue weighted by Crippen LogP contribution is 2.26. The van der Waals surface area contributed by atoms with Crippen LogP contribution in [0, 0.1) is 0 Å². The molecular formula is C25H35N5O5S. The van der Waals surface area contributed by atoms with Crippen molar-refractivity contribution in [2.45, 2.75) is 71.1 Å². The van der Waals surface area contributed by atoms with Crippen molar-refractivity contribution in [3.05, 3.63) is 34.2 Å². The average Bonchev–Trinajstić information content (AvgIpc) is 3.30. The van der Waals surface area contributed by atoms with Crippen molar-refractivity contribution in [3.8, 4) is 11.3 Å². The molecule has 0 unspecified atom stereocenters. The lowest BCUT2D eigenvalue weighted by atomic mass is 10.1. The van der Waals surface area contributed by atoms with Crippen LogP contribution in [0.2, 0.25) is 0 Å². The van der Waals surface area contributed by atoms with Crippen molar-refractivity contribution in [1.82, 2.24) is 20.7 Å². The number of esters is 1. The number of hydrogen-bond acceptors (Lipinski definition) is 9. The average molecular weight is 518 g/mol. The summed E-state index contributed by atoms with van der Waals surface area (Å²) in [5.41, 5.74) is 11.7. The van der Waals surface area contributed by atoms with Crippen molar-refractivity contribution in [2.24, 2.45) is 0 Å². The Balaban J connectivity index is 1.81. The smallest absolute Gasteiger partial charge is 0.408 e. The van der Waals surface area contributed by atoms with E-state index in [1.54, 1.807) is 20.8 Å². The maximum atomic E-state index is 13.5. The van der Waals surface area contributed by atoms with E-state index in [1.807, 2.05) is 30.5 Å². The molecule has 1 fully saturated rings. The molecule has 1 aliphatic heterocycles. The fourth-order valence-corrected chi connectivity index (χ4v) is 4.73. The van der Waals surface area contributed by atoms with Crippen molar-refractivity contribution in [3.63, 3.8) is 0 Å². The zero-order valence-corrected chi connectivity index (χ0v) is 22.2. The van der Waals surface area contributed by atoms with E-state index in [2.05, 4.69) is 10.7 Å². The number of benzene rings is 1. The van der Waals surface area contributed by atoms with Crippen molar-refractivity contribution in [2.75, 3.05) is 19.4 Å². The van der Waals surface area contributed by atoms with E-state index < -0.39 is 29.7 Å². The number of alkyl carbamates (subject to hydrolysis) is 1. The summed E-state index contributed by atoms with van der Waals surface area (Å²) in [6.07, 6.45) is 1.45. The van der Waals surface area contributed by atoms with Crippen molar-refractivity contribution < 1.29 is 23.9 Å². The molecule has 1 aromatic carbocycles. The molecule has 11 heteroatoms. The van der Waals surface area contributed by atoms with Crippen LogP contribution in [0.4, 0.5) is 10.5 Å². The molecule has 10 nitrogen and oxygen atoms in total. The fourth-order valence-electron chi connectivity index (χ4n) is 3.88. The number of aromatic nitrogens is 1. The third kappa shape index (κ3) is 7.17. The van der Waals surface area contributed by atoms with Gasteiger partial charge in [0.1, 0.15) is 17.7 Å². The molecule has 4 N–H and O–H groups in total. The molecule has 2 amide bonds. The largest absolute Gasteiger partial charge is 0.468 e. The number of nitrogens with zero attached hydrogens (tertiary/aromatic N) is 2. The normalized spacial score (nSPS) is 16.8. The first-order valence-corrected chi connectivity index (χ1v) is 12.9. The van der Waals surface area contributed by atoms with Crippen LogP contribution in [-0.4, -0.2) is 59.3 Å². The summed E-state index contributed by atoms with van der Waals surface area (Å²) in [7, 11) is 1.31. The zero-order valence-electron chi connectivity index (χ0n) is 21.4. The first-order chi connectivity index (χ1) is 17.0. The van der Waals surface area contributed by atoms with E-state index in [1.165, 1.54) is 23.5 Å². The summed E-state index contributed by atoms with van der Waals surface area (Å²) in [4.78, 5) is 42.7. The minimum absolute atomic E-state index is 0.166. The molecule has 0 saturated carbocycles. The molecule has 0 spiro atoms. The molecule has 36 heavy (non-hydrogen) atoms. The molecule has 0 radical (unpaired) electrons.